The van der Waals surface area contributed by atoms with E-state index in [1.54, 1.807) is 0 Å². The third-order valence-corrected chi connectivity index (χ3v) is 8.35. The van der Waals surface area contributed by atoms with Gasteiger partial charge in [-0.15, -0.1) is 0 Å². The second kappa shape index (κ2) is 5.02. The van der Waals surface area contributed by atoms with Crippen molar-refractivity contribution in [2.45, 2.75) is 0 Å². The fourth-order valence-electron chi connectivity index (χ4n) is 7.03. The normalized spacial score (nSPS) is 13.6. The Balaban J connectivity index is 1.70. The van der Waals surface area contributed by atoms with Gasteiger partial charge in [-0.1, -0.05) is 48.5 Å². The summed E-state index contributed by atoms with van der Waals surface area (Å²) >= 11 is 0. The van der Waals surface area contributed by atoms with Crippen molar-refractivity contribution < 1.29 is 17.7 Å². The van der Waals surface area contributed by atoms with Crippen LogP contribution in [0.3, 0.4) is 0 Å². The molecule has 11 rings (SSSR count). The lowest BCUT2D eigenvalue weighted by Crippen LogP contribution is -1.82. The van der Waals surface area contributed by atoms with Crippen molar-refractivity contribution in [2.75, 3.05) is 0 Å². The first-order valence-electron chi connectivity index (χ1n) is 12.1. The molecule has 164 valence electrons. The highest BCUT2D eigenvalue weighted by Crippen LogP contribution is 2.55. The van der Waals surface area contributed by atoms with Crippen LogP contribution >= 0.6 is 0 Å². The van der Waals surface area contributed by atoms with Gasteiger partial charge < -0.3 is 17.7 Å². The minimum absolute atomic E-state index is 0.854. The van der Waals surface area contributed by atoms with Gasteiger partial charge >= 0.3 is 0 Å². The van der Waals surface area contributed by atoms with E-state index in [0.29, 0.717) is 0 Å². The molecule has 0 saturated carbocycles. The van der Waals surface area contributed by atoms with Gasteiger partial charge in [0, 0.05) is 64.6 Å². The molecule has 4 heteroatoms. The fraction of sp³-hybridized carbons (Fsp3) is 0. The van der Waals surface area contributed by atoms with Gasteiger partial charge in [0.25, 0.3) is 0 Å². The van der Waals surface area contributed by atoms with Crippen LogP contribution in [0, 0.1) is 0 Å². The lowest BCUT2D eigenvalue weighted by molar-refractivity contribution is 0.663. The maximum absolute atomic E-state index is 6.65. The van der Waals surface area contributed by atoms with Gasteiger partial charge in [-0.3, -0.25) is 0 Å². The number of hydrogen-bond acceptors (Lipinski definition) is 4. The number of hydrogen-bond donors (Lipinski definition) is 0. The highest BCUT2D eigenvalue weighted by molar-refractivity contribution is 6.48. The topological polar surface area (TPSA) is 52.6 Å². The molecule has 0 spiro atoms. The Morgan fingerprint density at radius 1 is 0.278 bits per heavy atom. The first kappa shape index (κ1) is 16.6. The number of benzene rings is 6. The molecule has 4 heterocycles. The van der Waals surface area contributed by atoms with E-state index in [0.717, 1.165) is 109 Å². The summed E-state index contributed by atoms with van der Waals surface area (Å²) in [6.07, 6.45) is 0. The molecule has 0 aliphatic rings. The fourth-order valence-corrected chi connectivity index (χ4v) is 7.03. The molecule has 0 N–H and O–H groups in total. The maximum atomic E-state index is 6.65. The molecule has 11 aromatic rings. The maximum Gasteiger partial charge on any atom is 0.144 e. The van der Waals surface area contributed by atoms with E-state index >= 15 is 0 Å². The molecule has 0 fully saturated rings. The third-order valence-electron chi connectivity index (χ3n) is 8.35. The zero-order valence-corrected chi connectivity index (χ0v) is 18.6. The summed E-state index contributed by atoms with van der Waals surface area (Å²) in [5.74, 6) is 0. The second-order valence-electron chi connectivity index (χ2n) is 9.94. The Kier molecular flexibility index (Phi) is 2.32. The molecule has 0 atom stereocenters. The Hall–Kier alpha value is -4.96. The van der Waals surface area contributed by atoms with Gasteiger partial charge in [0.15, 0.2) is 0 Å². The summed E-state index contributed by atoms with van der Waals surface area (Å²) in [6.45, 7) is 0. The van der Waals surface area contributed by atoms with Crippen molar-refractivity contribution in [1.29, 1.82) is 0 Å². The van der Waals surface area contributed by atoms with Crippen LogP contribution in [-0.4, -0.2) is 0 Å². The molecule has 0 bridgehead atoms. The molecule has 0 radical (unpaired) electrons. The minimum atomic E-state index is 0.854. The number of fused-ring (bicyclic) bond motifs is 6. The smallest absolute Gasteiger partial charge is 0.144 e. The summed E-state index contributed by atoms with van der Waals surface area (Å²) in [4.78, 5) is 0. The van der Waals surface area contributed by atoms with E-state index < -0.39 is 0 Å². The average molecular weight is 460 g/mol. The van der Waals surface area contributed by atoms with Crippen molar-refractivity contribution in [1.82, 2.24) is 0 Å². The molecule has 7 aromatic carbocycles. The molecule has 4 nitrogen and oxygen atoms in total. The molecule has 0 aliphatic heterocycles. The summed E-state index contributed by atoms with van der Waals surface area (Å²) in [5, 5.41) is 12.9. The van der Waals surface area contributed by atoms with Crippen molar-refractivity contribution in [3.8, 4) is 0 Å². The van der Waals surface area contributed by atoms with Crippen LogP contribution in [0.2, 0.25) is 0 Å². The Bertz CT molecular complexity index is 2310. The van der Waals surface area contributed by atoms with Gasteiger partial charge in [-0.25, -0.2) is 0 Å². The standard InChI is InChI=1S/C32H12O4/c1-2-6-14-13(5-1)29-25-21-17(33-29)9-10-19-22(21)27-28-24-20(12-11-18-23(24)26(25)30(14)34-18)36-32(28)16-8-4-3-7-15(16)31(27)35-19/h1-12H. The molecular formula is C32H12O4. The van der Waals surface area contributed by atoms with Gasteiger partial charge in [0.2, 0.25) is 0 Å². The lowest BCUT2D eigenvalue weighted by atomic mass is 9.91. The lowest BCUT2D eigenvalue weighted by Gasteiger charge is -2.05. The molecule has 0 amide bonds. The average Bonchev–Trinajstić information content (AvgIpc) is 3.66. The Labute approximate surface area is 199 Å². The molecule has 4 aromatic heterocycles. The number of rotatable bonds is 0. The van der Waals surface area contributed by atoms with Gasteiger partial charge in [-0.05, 0) is 24.3 Å². The zero-order chi connectivity index (χ0) is 22.9. The van der Waals surface area contributed by atoms with Crippen molar-refractivity contribution >= 4 is 109 Å². The third kappa shape index (κ3) is 1.51. The monoisotopic (exact) mass is 460 g/mol. The molecule has 0 aliphatic carbocycles. The van der Waals surface area contributed by atoms with E-state index in [1.165, 1.54) is 0 Å². The zero-order valence-electron chi connectivity index (χ0n) is 18.6. The van der Waals surface area contributed by atoms with Crippen LogP contribution in [0.1, 0.15) is 0 Å². The predicted molar refractivity (Wildman–Crippen MR) is 144 cm³/mol. The molecule has 0 saturated heterocycles. The quantitative estimate of drug-likeness (QED) is 0.226. The van der Waals surface area contributed by atoms with Crippen molar-refractivity contribution in [2.24, 2.45) is 0 Å². The summed E-state index contributed by atoms with van der Waals surface area (Å²) < 4.78 is 26.6. The predicted octanol–water partition coefficient (Wildman–Crippen LogP) is 9.90. The molecule has 36 heavy (non-hydrogen) atoms. The summed E-state index contributed by atoms with van der Waals surface area (Å²) in [6, 6.07) is 24.8. The van der Waals surface area contributed by atoms with Gasteiger partial charge in [0.05, 0.1) is 0 Å². The largest absolute Gasteiger partial charge is 0.455 e. The van der Waals surface area contributed by atoms with Gasteiger partial charge in [0.1, 0.15) is 44.7 Å². The first-order valence-corrected chi connectivity index (χ1v) is 12.1. The van der Waals surface area contributed by atoms with Gasteiger partial charge in [-0.2, -0.15) is 0 Å². The minimum Gasteiger partial charge on any atom is -0.455 e. The van der Waals surface area contributed by atoms with Crippen LogP contribution in [-0.2, 0) is 0 Å². The molecular weight excluding hydrogens is 448 g/mol. The van der Waals surface area contributed by atoms with Crippen molar-refractivity contribution in [3.63, 3.8) is 0 Å². The second-order valence-corrected chi connectivity index (χ2v) is 9.94. The van der Waals surface area contributed by atoms with Crippen LogP contribution in [0.4, 0.5) is 0 Å². The van der Waals surface area contributed by atoms with E-state index in [-0.39, 0.29) is 0 Å². The van der Waals surface area contributed by atoms with Crippen LogP contribution in [0.25, 0.3) is 109 Å². The van der Waals surface area contributed by atoms with E-state index in [4.69, 9.17) is 17.7 Å². The van der Waals surface area contributed by atoms with Crippen LogP contribution in [0.15, 0.2) is 90.5 Å². The molecule has 0 unspecified atom stereocenters. The highest BCUT2D eigenvalue weighted by Gasteiger charge is 2.30. The highest BCUT2D eigenvalue weighted by atomic mass is 16.4. The van der Waals surface area contributed by atoms with E-state index in [1.807, 2.05) is 24.3 Å². The summed E-state index contributed by atoms with van der Waals surface area (Å²) in [7, 11) is 0. The Morgan fingerprint density at radius 2 is 0.528 bits per heavy atom. The first-order chi connectivity index (χ1) is 17.9. The van der Waals surface area contributed by atoms with E-state index in [2.05, 4.69) is 48.5 Å². The van der Waals surface area contributed by atoms with Crippen LogP contribution < -0.4 is 0 Å². The van der Waals surface area contributed by atoms with Crippen molar-refractivity contribution in [3.05, 3.63) is 72.8 Å². The summed E-state index contributed by atoms with van der Waals surface area (Å²) in [5.41, 5.74) is 6.97. The van der Waals surface area contributed by atoms with Crippen LogP contribution in [0.5, 0.6) is 0 Å². The number of furan rings is 4. The van der Waals surface area contributed by atoms with E-state index in [9.17, 15) is 0 Å². The Morgan fingerprint density at radius 3 is 0.778 bits per heavy atom. The SMILES string of the molecule is c1ccc2c(c1)c1oc3ccc4oc5c6ccccc6c6oc7ccc8oc2c2c8c7c6c5c4c3c12.